The SMILES string of the molecule is CCC(C(=O)OC)C(=O)N(C)c1cccc(F)c1. The predicted molar refractivity (Wildman–Crippen MR) is 65.6 cm³/mol. The summed E-state index contributed by atoms with van der Waals surface area (Å²) >= 11 is 0. The molecule has 0 aromatic heterocycles. The average molecular weight is 253 g/mol. The highest BCUT2D eigenvalue weighted by Crippen LogP contribution is 2.18. The van der Waals surface area contributed by atoms with Gasteiger partial charge in [0.15, 0.2) is 0 Å². The average Bonchev–Trinajstić information content (AvgIpc) is 2.38. The summed E-state index contributed by atoms with van der Waals surface area (Å²) in [4.78, 5) is 24.8. The standard InChI is InChI=1S/C13H16FNO3/c1-4-11(13(17)18-3)12(16)15(2)10-7-5-6-9(14)8-10/h5-8,11H,4H2,1-3H3. The molecule has 0 N–H and O–H groups in total. The molecular formula is C13H16FNO3. The molecule has 0 radical (unpaired) electrons. The van der Waals surface area contributed by atoms with Gasteiger partial charge in [-0.15, -0.1) is 0 Å². The van der Waals surface area contributed by atoms with Gasteiger partial charge in [-0.2, -0.15) is 0 Å². The molecule has 1 unspecified atom stereocenters. The second kappa shape index (κ2) is 6.14. The number of anilines is 1. The smallest absolute Gasteiger partial charge is 0.318 e. The van der Waals surface area contributed by atoms with Gasteiger partial charge >= 0.3 is 5.97 Å². The number of methoxy groups -OCH3 is 1. The maximum atomic E-state index is 13.1. The molecule has 1 aromatic carbocycles. The summed E-state index contributed by atoms with van der Waals surface area (Å²) in [7, 11) is 2.74. The molecule has 18 heavy (non-hydrogen) atoms. The van der Waals surface area contributed by atoms with E-state index in [4.69, 9.17) is 0 Å². The lowest BCUT2D eigenvalue weighted by molar-refractivity contribution is -0.149. The lowest BCUT2D eigenvalue weighted by atomic mass is 10.1. The first-order valence-electron chi connectivity index (χ1n) is 5.62. The lowest BCUT2D eigenvalue weighted by Gasteiger charge is -2.21. The molecule has 0 saturated carbocycles. The monoisotopic (exact) mass is 253 g/mol. The summed E-state index contributed by atoms with van der Waals surface area (Å²) in [5.41, 5.74) is 0.405. The zero-order valence-electron chi connectivity index (χ0n) is 10.6. The van der Waals surface area contributed by atoms with Crippen molar-refractivity contribution in [2.24, 2.45) is 5.92 Å². The summed E-state index contributed by atoms with van der Waals surface area (Å²) in [5.74, 6) is -2.28. The van der Waals surface area contributed by atoms with Crippen molar-refractivity contribution >= 4 is 17.6 Å². The lowest BCUT2D eigenvalue weighted by Crippen LogP contribution is -2.37. The summed E-state index contributed by atoms with van der Waals surface area (Å²) < 4.78 is 17.6. The minimum absolute atomic E-state index is 0.338. The zero-order chi connectivity index (χ0) is 13.7. The molecule has 1 rings (SSSR count). The van der Waals surface area contributed by atoms with Gasteiger partial charge < -0.3 is 9.64 Å². The van der Waals surface area contributed by atoms with Gasteiger partial charge in [0, 0.05) is 12.7 Å². The van der Waals surface area contributed by atoms with Crippen LogP contribution in [0.25, 0.3) is 0 Å². The van der Waals surface area contributed by atoms with Gasteiger partial charge in [0.2, 0.25) is 5.91 Å². The van der Waals surface area contributed by atoms with Crippen LogP contribution in [0.3, 0.4) is 0 Å². The van der Waals surface area contributed by atoms with Crippen molar-refractivity contribution in [3.63, 3.8) is 0 Å². The largest absolute Gasteiger partial charge is 0.468 e. The topological polar surface area (TPSA) is 46.6 Å². The first-order chi connectivity index (χ1) is 8.51. The van der Waals surface area contributed by atoms with Crippen LogP contribution in [0.2, 0.25) is 0 Å². The minimum atomic E-state index is -0.858. The Kier molecular flexibility index (Phi) is 4.83. The van der Waals surface area contributed by atoms with E-state index >= 15 is 0 Å². The highest BCUT2D eigenvalue weighted by Gasteiger charge is 2.29. The molecule has 0 aliphatic rings. The minimum Gasteiger partial charge on any atom is -0.468 e. The Morgan fingerprint density at radius 1 is 1.44 bits per heavy atom. The molecule has 1 amide bonds. The van der Waals surface area contributed by atoms with Gasteiger partial charge in [0.25, 0.3) is 0 Å². The number of benzene rings is 1. The van der Waals surface area contributed by atoms with Crippen LogP contribution in [0, 0.1) is 11.7 Å². The van der Waals surface area contributed by atoms with Crippen LogP contribution in [0.15, 0.2) is 24.3 Å². The second-order valence-corrected chi connectivity index (χ2v) is 3.86. The highest BCUT2D eigenvalue weighted by atomic mass is 19.1. The van der Waals surface area contributed by atoms with Crippen molar-refractivity contribution in [3.8, 4) is 0 Å². The van der Waals surface area contributed by atoms with Gasteiger partial charge in [-0.05, 0) is 24.6 Å². The van der Waals surface area contributed by atoms with E-state index in [1.165, 1.54) is 37.3 Å². The fourth-order valence-electron chi connectivity index (χ4n) is 1.63. The quantitative estimate of drug-likeness (QED) is 0.609. The van der Waals surface area contributed by atoms with Gasteiger partial charge in [0.05, 0.1) is 7.11 Å². The maximum Gasteiger partial charge on any atom is 0.318 e. The number of esters is 1. The fraction of sp³-hybridized carbons (Fsp3) is 0.385. The molecule has 0 bridgehead atoms. The van der Waals surface area contributed by atoms with Gasteiger partial charge in [-0.3, -0.25) is 9.59 Å². The van der Waals surface area contributed by atoms with Crippen LogP contribution < -0.4 is 4.90 Å². The highest BCUT2D eigenvalue weighted by molar-refractivity contribution is 6.05. The number of carbonyl (C=O) groups is 2. The van der Waals surface area contributed by atoms with Crippen molar-refractivity contribution in [3.05, 3.63) is 30.1 Å². The third-order valence-electron chi connectivity index (χ3n) is 2.72. The van der Waals surface area contributed by atoms with E-state index in [-0.39, 0.29) is 0 Å². The van der Waals surface area contributed by atoms with Crippen LogP contribution in [-0.4, -0.2) is 26.0 Å². The molecule has 1 atom stereocenters. The Bertz CT molecular complexity index is 448. The molecule has 98 valence electrons. The first-order valence-corrected chi connectivity index (χ1v) is 5.62. The van der Waals surface area contributed by atoms with Crippen LogP contribution in [0.1, 0.15) is 13.3 Å². The summed E-state index contributed by atoms with van der Waals surface area (Å²) in [5, 5.41) is 0. The normalized spacial score (nSPS) is 11.8. The Morgan fingerprint density at radius 3 is 2.61 bits per heavy atom. The Morgan fingerprint density at radius 2 is 2.11 bits per heavy atom. The molecule has 0 aliphatic heterocycles. The van der Waals surface area contributed by atoms with Gasteiger partial charge in [0.1, 0.15) is 11.7 Å². The third kappa shape index (κ3) is 3.06. The van der Waals surface area contributed by atoms with Crippen LogP contribution in [0.4, 0.5) is 10.1 Å². The third-order valence-corrected chi connectivity index (χ3v) is 2.72. The fourth-order valence-corrected chi connectivity index (χ4v) is 1.63. The molecule has 0 heterocycles. The number of nitrogens with zero attached hydrogens (tertiary/aromatic N) is 1. The Balaban J connectivity index is 2.92. The first kappa shape index (κ1) is 14.2. The zero-order valence-corrected chi connectivity index (χ0v) is 10.6. The second-order valence-electron chi connectivity index (χ2n) is 3.86. The molecule has 0 spiro atoms. The number of ether oxygens (including phenoxy) is 1. The summed E-state index contributed by atoms with van der Waals surface area (Å²) in [6, 6.07) is 5.64. The van der Waals surface area contributed by atoms with E-state index in [0.717, 1.165) is 0 Å². The molecular weight excluding hydrogens is 237 g/mol. The van der Waals surface area contributed by atoms with E-state index in [9.17, 15) is 14.0 Å². The van der Waals surface area contributed by atoms with Gasteiger partial charge in [-0.25, -0.2) is 4.39 Å². The number of hydrogen-bond acceptors (Lipinski definition) is 3. The van der Waals surface area contributed by atoms with Crippen molar-refractivity contribution in [1.29, 1.82) is 0 Å². The predicted octanol–water partition coefficient (Wildman–Crippen LogP) is 1.99. The molecule has 4 nitrogen and oxygen atoms in total. The number of halogens is 1. The van der Waals surface area contributed by atoms with E-state index in [2.05, 4.69) is 4.74 Å². The summed E-state index contributed by atoms with van der Waals surface area (Å²) in [6.07, 6.45) is 0.338. The van der Waals surface area contributed by atoms with Crippen molar-refractivity contribution in [1.82, 2.24) is 0 Å². The molecule has 0 fully saturated rings. The number of amides is 1. The Labute approximate surface area is 105 Å². The van der Waals surface area contributed by atoms with Crippen molar-refractivity contribution in [2.75, 3.05) is 19.1 Å². The van der Waals surface area contributed by atoms with Crippen molar-refractivity contribution < 1.29 is 18.7 Å². The molecule has 1 aromatic rings. The maximum absolute atomic E-state index is 13.1. The van der Waals surface area contributed by atoms with Crippen LogP contribution >= 0.6 is 0 Å². The molecule has 5 heteroatoms. The van der Waals surface area contributed by atoms with E-state index < -0.39 is 23.6 Å². The Hall–Kier alpha value is -1.91. The molecule has 0 saturated heterocycles. The van der Waals surface area contributed by atoms with E-state index in [1.54, 1.807) is 13.0 Å². The van der Waals surface area contributed by atoms with Crippen LogP contribution in [-0.2, 0) is 14.3 Å². The van der Waals surface area contributed by atoms with Crippen LogP contribution in [0.5, 0.6) is 0 Å². The molecule has 0 aliphatic carbocycles. The van der Waals surface area contributed by atoms with E-state index in [0.29, 0.717) is 12.1 Å². The number of carbonyl (C=O) groups excluding carboxylic acids is 2. The summed E-state index contributed by atoms with van der Waals surface area (Å²) in [6.45, 7) is 1.72. The number of hydrogen-bond donors (Lipinski definition) is 0. The number of rotatable bonds is 4. The van der Waals surface area contributed by atoms with E-state index in [1.807, 2.05) is 0 Å². The van der Waals surface area contributed by atoms with Gasteiger partial charge in [-0.1, -0.05) is 13.0 Å². The van der Waals surface area contributed by atoms with Crippen molar-refractivity contribution in [2.45, 2.75) is 13.3 Å².